The van der Waals surface area contributed by atoms with E-state index in [9.17, 15) is 0 Å². The first-order chi connectivity index (χ1) is 5.96. The van der Waals surface area contributed by atoms with Gasteiger partial charge in [0.1, 0.15) is 5.82 Å². The summed E-state index contributed by atoms with van der Waals surface area (Å²) in [5.74, 6) is 1.20. The minimum atomic E-state index is 0.115. The van der Waals surface area contributed by atoms with Crippen LogP contribution in [0.4, 0.5) is 0 Å². The van der Waals surface area contributed by atoms with Gasteiger partial charge in [-0.25, -0.2) is 0 Å². The summed E-state index contributed by atoms with van der Waals surface area (Å²) in [5.41, 5.74) is 2.60. The quantitative estimate of drug-likeness (QED) is 0.701. The van der Waals surface area contributed by atoms with Crippen molar-refractivity contribution in [1.82, 2.24) is 9.62 Å². The van der Waals surface area contributed by atoms with Crippen molar-refractivity contribution in [3.05, 3.63) is 23.5 Å². The second-order valence-corrected chi connectivity index (χ2v) is 4.52. The molecule has 0 unspecified atom stereocenters. The van der Waals surface area contributed by atoms with Gasteiger partial charge < -0.3 is 5.32 Å². The van der Waals surface area contributed by atoms with Gasteiger partial charge in [-0.3, -0.25) is 4.31 Å². The van der Waals surface area contributed by atoms with Gasteiger partial charge in [-0.2, -0.15) is 0 Å². The Morgan fingerprint density at radius 3 is 2.38 bits per heavy atom. The standard InChI is InChI=1S/C10H18N2S/c1-7(2)8-9(11-5)12(13-6)10(8,3)4/h11H,1H2,2-6H3. The molecular weight excluding hydrogens is 180 g/mol. The van der Waals surface area contributed by atoms with Crippen molar-refractivity contribution >= 4 is 11.9 Å². The van der Waals surface area contributed by atoms with Gasteiger partial charge in [0.05, 0.1) is 5.54 Å². The molecule has 1 rings (SSSR count). The van der Waals surface area contributed by atoms with E-state index in [0.717, 1.165) is 5.57 Å². The molecule has 0 bridgehead atoms. The Bertz CT molecular complexity index is 266. The van der Waals surface area contributed by atoms with Crippen LogP contribution in [0.2, 0.25) is 0 Å². The Morgan fingerprint density at radius 1 is 1.54 bits per heavy atom. The maximum absolute atomic E-state index is 4.01. The summed E-state index contributed by atoms with van der Waals surface area (Å²) in [6.07, 6.45) is 2.09. The van der Waals surface area contributed by atoms with Crippen molar-refractivity contribution in [1.29, 1.82) is 0 Å². The van der Waals surface area contributed by atoms with Gasteiger partial charge in [0.2, 0.25) is 0 Å². The van der Waals surface area contributed by atoms with Gasteiger partial charge in [0.25, 0.3) is 0 Å². The summed E-state index contributed by atoms with van der Waals surface area (Å²) in [7, 11) is 1.96. The topological polar surface area (TPSA) is 15.3 Å². The van der Waals surface area contributed by atoms with E-state index in [2.05, 4.69) is 43.2 Å². The lowest BCUT2D eigenvalue weighted by molar-refractivity contribution is 0.267. The monoisotopic (exact) mass is 198 g/mol. The third kappa shape index (κ3) is 1.35. The highest BCUT2D eigenvalue weighted by molar-refractivity contribution is 7.96. The molecule has 3 heteroatoms. The first-order valence-electron chi connectivity index (χ1n) is 4.39. The average molecular weight is 198 g/mol. The van der Waals surface area contributed by atoms with Crippen molar-refractivity contribution in [2.75, 3.05) is 13.3 Å². The lowest BCUT2D eigenvalue weighted by Crippen LogP contribution is -2.54. The minimum Gasteiger partial charge on any atom is -0.374 e. The first-order valence-corrected chi connectivity index (χ1v) is 5.57. The molecule has 0 fully saturated rings. The third-order valence-corrected chi connectivity index (χ3v) is 3.41. The smallest absolute Gasteiger partial charge is 0.118 e. The van der Waals surface area contributed by atoms with Crippen LogP contribution in [0.1, 0.15) is 20.8 Å². The highest BCUT2D eigenvalue weighted by Gasteiger charge is 2.44. The fourth-order valence-electron chi connectivity index (χ4n) is 1.99. The van der Waals surface area contributed by atoms with E-state index in [-0.39, 0.29) is 5.54 Å². The molecule has 1 heterocycles. The molecule has 1 N–H and O–H groups in total. The van der Waals surface area contributed by atoms with E-state index >= 15 is 0 Å². The molecule has 0 amide bonds. The Hall–Kier alpha value is -0.570. The summed E-state index contributed by atoms with van der Waals surface area (Å²) in [6.45, 7) is 10.5. The van der Waals surface area contributed by atoms with Gasteiger partial charge >= 0.3 is 0 Å². The van der Waals surface area contributed by atoms with Crippen LogP contribution in [0.25, 0.3) is 0 Å². The predicted octanol–water partition coefficient (Wildman–Crippen LogP) is 2.37. The van der Waals surface area contributed by atoms with Crippen molar-refractivity contribution < 1.29 is 0 Å². The van der Waals surface area contributed by atoms with Crippen molar-refractivity contribution in [3.63, 3.8) is 0 Å². The fraction of sp³-hybridized carbons (Fsp3) is 0.600. The van der Waals surface area contributed by atoms with Crippen LogP contribution in [0, 0.1) is 0 Å². The Labute approximate surface area is 85.2 Å². The van der Waals surface area contributed by atoms with Crippen LogP contribution in [0.5, 0.6) is 0 Å². The summed E-state index contributed by atoms with van der Waals surface area (Å²) < 4.78 is 2.27. The molecule has 2 nitrogen and oxygen atoms in total. The Kier molecular flexibility index (Phi) is 2.66. The molecule has 0 aromatic rings. The lowest BCUT2D eigenvalue weighted by Gasteiger charge is -2.51. The van der Waals surface area contributed by atoms with Gasteiger partial charge in [-0.05, 0) is 26.3 Å². The molecule has 0 aromatic heterocycles. The van der Waals surface area contributed by atoms with E-state index in [1.54, 1.807) is 11.9 Å². The second kappa shape index (κ2) is 3.29. The lowest BCUT2D eigenvalue weighted by atomic mass is 9.83. The molecular formula is C10H18N2S. The first kappa shape index (κ1) is 10.5. The molecule has 0 spiro atoms. The average Bonchev–Trinajstić information content (AvgIpc) is 2.00. The van der Waals surface area contributed by atoms with E-state index in [4.69, 9.17) is 0 Å². The van der Waals surface area contributed by atoms with Crippen LogP contribution >= 0.6 is 11.9 Å². The SMILES string of the molecule is C=C(C)C1=C(NC)N(SC)C1(C)C. The number of nitrogens with one attached hydrogen (secondary N) is 1. The van der Waals surface area contributed by atoms with Crippen molar-refractivity contribution in [2.24, 2.45) is 0 Å². The molecule has 0 radical (unpaired) electrons. The zero-order valence-corrected chi connectivity index (χ0v) is 9.88. The molecule has 0 saturated carbocycles. The second-order valence-electron chi connectivity index (χ2n) is 3.79. The normalized spacial score (nSPS) is 19.9. The number of rotatable bonds is 3. The van der Waals surface area contributed by atoms with E-state index in [1.165, 1.54) is 11.4 Å². The molecule has 1 aliphatic heterocycles. The maximum atomic E-state index is 4.01. The van der Waals surface area contributed by atoms with E-state index in [0.29, 0.717) is 0 Å². The van der Waals surface area contributed by atoms with Gasteiger partial charge in [0.15, 0.2) is 0 Å². The summed E-state index contributed by atoms with van der Waals surface area (Å²) >= 11 is 1.74. The molecule has 0 saturated heterocycles. The number of hydrogen-bond donors (Lipinski definition) is 1. The number of nitrogens with zero attached hydrogens (tertiary/aromatic N) is 1. The maximum Gasteiger partial charge on any atom is 0.118 e. The third-order valence-electron chi connectivity index (χ3n) is 2.41. The largest absolute Gasteiger partial charge is 0.374 e. The molecule has 1 aliphatic rings. The Balaban J connectivity index is 3.07. The van der Waals surface area contributed by atoms with Gasteiger partial charge in [0, 0.05) is 18.9 Å². The van der Waals surface area contributed by atoms with Crippen molar-refractivity contribution in [3.8, 4) is 0 Å². The molecule has 0 aromatic carbocycles. The van der Waals surface area contributed by atoms with Crippen LogP contribution < -0.4 is 5.32 Å². The molecule has 74 valence electrons. The molecule has 0 aliphatic carbocycles. The molecule has 13 heavy (non-hydrogen) atoms. The fourth-order valence-corrected chi connectivity index (χ4v) is 2.90. The number of hydrogen-bond acceptors (Lipinski definition) is 3. The van der Waals surface area contributed by atoms with Gasteiger partial charge in [-0.15, -0.1) is 0 Å². The summed E-state index contributed by atoms with van der Waals surface area (Å²) in [6, 6.07) is 0. The van der Waals surface area contributed by atoms with Crippen LogP contribution in [-0.4, -0.2) is 23.1 Å². The van der Waals surface area contributed by atoms with E-state index in [1.807, 2.05) is 7.05 Å². The predicted molar refractivity (Wildman–Crippen MR) is 60.3 cm³/mol. The van der Waals surface area contributed by atoms with Crippen LogP contribution in [0.15, 0.2) is 23.5 Å². The summed E-state index contributed by atoms with van der Waals surface area (Å²) in [4.78, 5) is 0. The van der Waals surface area contributed by atoms with Crippen LogP contribution in [0.3, 0.4) is 0 Å². The highest BCUT2D eigenvalue weighted by atomic mass is 32.2. The zero-order valence-electron chi connectivity index (χ0n) is 9.06. The molecule has 0 atom stereocenters. The highest BCUT2D eigenvalue weighted by Crippen LogP contribution is 2.46. The summed E-state index contributed by atoms with van der Waals surface area (Å²) in [5, 5.41) is 3.21. The van der Waals surface area contributed by atoms with Gasteiger partial charge in [-0.1, -0.05) is 18.5 Å². The zero-order chi connectivity index (χ0) is 10.2. The minimum absolute atomic E-state index is 0.115. The van der Waals surface area contributed by atoms with Crippen molar-refractivity contribution in [2.45, 2.75) is 26.3 Å². The van der Waals surface area contributed by atoms with Crippen LogP contribution in [-0.2, 0) is 0 Å². The Morgan fingerprint density at radius 2 is 2.08 bits per heavy atom. The van der Waals surface area contributed by atoms with E-state index < -0.39 is 0 Å².